The van der Waals surface area contributed by atoms with Gasteiger partial charge in [-0.25, -0.2) is 4.98 Å². The molecule has 2 rings (SSSR count). The van der Waals surface area contributed by atoms with E-state index in [0.29, 0.717) is 0 Å². The van der Waals surface area contributed by atoms with Gasteiger partial charge in [0.2, 0.25) is 0 Å². The van der Waals surface area contributed by atoms with E-state index in [9.17, 15) is 0 Å². The third-order valence-electron chi connectivity index (χ3n) is 1.97. The lowest BCUT2D eigenvalue weighted by Crippen LogP contribution is -2.10. The number of furan rings is 1. The number of nitrogens with zero attached hydrogens (tertiary/aromatic N) is 1. The standard InChI is InChI=1S/C9H10N2OS/c1-6-9(13-5-11-6)8(10)7-2-3-12-4-7/h2-5,8H,10H2,1H3. The Morgan fingerprint density at radius 2 is 2.46 bits per heavy atom. The van der Waals surface area contributed by atoms with Crippen LogP contribution in [0.5, 0.6) is 0 Å². The third kappa shape index (κ3) is 1.50. The van der Waals surface area contributed by atoms with Gasteiger partial charge in [-0.15, -0.1) is 11.3 Å². The molecule has 2 aromatic rings. The molecule has 0 bridgehead atoms. The maximum Gasteiger partial charge on any atom is 0.0954 e. The first-order valence-electron chi connectivity index (χ1n) is 3.96. The van der Waals surface area contributed by atoms with Gasteiger partial charge in [0.25, 0.3) is 0 Å². The van der Waals surface area contributed by atoms with Crippen LogP contribution in [-0.4, -0.2) is 4.98 Å². The van der Waals surface area contributed by atoms with E-state index in [1.54, 1.807) is 23.9 Å². The van der Waals surface area contributed by atoms with Crippen molar-refractivity contribution < 1.29 is 4.42 Å². The van der Waals surface area contributed by atoms with Crippen LogP contribution in [0.3, 0.4) is 0 Å². The molecule has 0 aromatic carbocycles. The van der Waals surface area contributed by atoms with Gasteiger partial charge >= 0.3 is 0 Å². The highest BCUT2D eigenvalue weighted by molar-refractivity contribution is 7.09. The van der Waals surface area contributed by atoms with E-state index in [4.69, 9.17) is 10.2 Å². The fourth-order valence-corrected chi connectivity index (χ4v) is 2.04. The summed E-state index contributed by atoms with van der Waals surface area (Å²) in [7, 11) is 0. The highest BCUT2D eigenvalue weighted by Gasteiger charge is 2.14. The maximum atomic E-state index is 6.02. The van der Waals surface area contributed by atoms with Gasteiger partial charge in [-0.3, -0.25) is 0 Å². The van der Waals surface area contributed by atoms with Crippen LogP contribution in [0.25, 0.3) is 0 Å². The molecule has 0 aliphatic rings. The molecular weight excluding hydrogens is 184 g/mol. The Labute approximate surface area is 80.2 Å². The number of aryl methyl sites for hydroxylation is 1. The molecule has 0 radical (unpaired) electrons. The molecule has 0 spiro atoms. The maximum absolute atomic E-state index is 6.02. The van der Waals surface area contributed by atoms with Crippen molar-refractivity contribution >= 4 is 11.3 Å². The second kappa shape index (κ2) is 3.32. The Morgan fingerprint density at radius 3 is 3.00 bits per heavy atom. The number of nitrogens with two attached hydrogens (primary N) is 1. The zero-order chi connectivity index (χ0) is 9.26. The van der Waals surface area contributed by atoms with Crippen LogP contribution in [0.4, 0.5) is 0 Å². The minimum atomic E-state index is -0.105. The predicted molar refractivity (Wildman–Crippen MR) is 51.6 cm³/mol. The highest BCUT2D eigenvalue weighted by atomic mass is 32.1. The summed E-state index contributed by atoms with van der Waals surface area (Å²) in [5.74, 6) is 0. The molecular formula is C9H10N2OS. The Bertz CT molecular complexity index is 380. The molecule has 0 fully saturated rings. The van der Waals surface area contributed by atoms with E-state index in [-0.39, 0.29) is 6.04 Å². The molecule has 0 saturated carbocycles. The zero-order valence-corrected chi connectivity index (χ0v) is 8.04. The minimum Gasteiger partial charge on any atom is -0.472 e. The van der Waals surface area contributed by atoms with Crippen LogP contribution < -0.4 is 5.73 Å². The Kier molecular flexibility index (Phi) is 2.16. The van der Waals surface area contributed by atoms with Gasteiger partial charge < -0.3 is 10.2 Å². The molecule has 0 amide bonds. The summed E-state index contributed by atoms with van der Waals surface area (Å²) < 4.78 is 4.98. The number of hydrogen-bond acceptors (Lipinski definition) is 4. The predicted octanol–water partition coefficient (Wildman–Crippen LogP) is 2.09. The number of thiazole rings is 1. The monoisotopic (exact) mass is 194 g/mol. The van der Waals surface area contributed by atoms with Gasteiger partial charge in [0.1, 0.15) is 0 Å². The second-order valence-corrected chi connectivity index (χ2v) is 3.72. The van der Waals surface area contributed by atoms with Gasteiger partial charge in [0.05, 0.1) is 29.8 Å². The van der Waals surface area contributed by atoms with Crippen LogP contribution in [0.2, 0.25) is 0 Å². The first-order chi connectivity index (χ1) is 6.29. The van der Waals surface area contributed by atoms with Crippen molar-refractivity contribution in [1.82, 2.24) is 4.98 Å². The van der Waals surface area contributed by atoms with Crippen LogP contribution in [-0.2, 0) is 0 Å². The largest absolute Gasteiger partial charge is 0.472 e. The lowest BCUT2D eigenvalue weighted by atomic mass is 10.1. The summed E-state index contributed by atoms with van der Waals surface area (Å²) in [4.78, 5) is 5.25. The van der Waals surface area contributed by atoms with Gasteiger partial charge in [0.15, 0.2) is 0 Å². The van der Waals surface area contributed by atoms with Crippen molar-refractivity contribution in [3.63, 3.8) is 0 Å². The molecule has 0 saturated heterocycles. The van der Waals surface area contributed by atoms with Crippen LogP contribution >= 0.6 is 11.3 Å². The lowest BCUT2D eigenvalue weighted by Gasteiger charge is -2.06. The number of rotatable bonds is 2. The van der Waals surface area contributed by atoms with Gasteiger partial charge in [-0.2, -0.15) is 0 Å². The fraction of sp³-hybridized carbons (Fsp3) is 0.222. The van der Waals surface area contributed by atoms with E-state index in [0.717, 1.165) is 16.1 Å². The molecule has 2 aromatic heterocycles. The summed E-state index contributed by atoms with van der Waals surface area (Å²) >= 11 is 1.58. The van der Waals surface area contributed by atoms with Crippen LogP contribution in [0, 0.1) is 6.92 Å². The normalized spacial score (nSPS) is 13.1. The molecule has 2 N–H and O–H groups in total. The van der Waals surface area contributed by atoms with Gasteiger partial charge in [0, 0.05) is 10.4 Å². The second-order valence-electron chi connectivity index (χ2n) is 2.84. The SMILES string of the molecule is Cc1ncsc1C(N)c1ccoc1. The van der Waals surface area contributed by atoms with Gasteiger partial charge in [-0.1, -0.05) is 0 Å². The van der Waals surface area contributed by atoms with Crippen molar-refractivity contribution in [2.45, 2.75) is 13.0 Å². The quantitative estimate of drug-likeness (QED) is 0.796. The Hall–Kier alpha value is -1.13. The van der Waals surface area contributed by atoms with Crippen molar-refractivity contribution in [3.8, 4) is 0 Å². The van der Waals surface area contributed by atoms with E-state index >= 15 is 0 Å². The molecule has 0 aliphatic carbocycles. The average molecular weight is 194 g/mol. The molecule has 68 valence electrons. The van der Waals surface area contributed by atoms with E-state index in [1.165, 1.54) is 0 Å². The summed E-state index contributed by atoms with van der Waals surface area (Å²) in [6, 6.07) is 1.77. The van der Waals surface area contributed by atoms with Crippen molar-refractivity contribution in [3.05, 3.63) is 40.2 Å². The zero-order valence-electron chi connectivity index (χ0n) is 7.23. The molecule has 13 heavy (non-hydrogen) atoms. The summed E-state index contributed by atoms with van der Waals surface area (Å²) in [6.45, 7) is 1.96. The summed E-state index contributed by atoms with van der Waals surface area (Å²) in [5, 5.41) is 0. The van der Waals surface area contributed by atoms with Crippen molar-refractivity contribution in [2.75, 3.05) is 0 Å². The Balaban J connectivity index is 2.33. The highest BCUT2D eigenvalue weighted by Crippen LogP contribution is 2.25. The first-order valence-corrected chi connectivity index (χ1v) is 4.84. The van der Waals surface area contributed by atoms with Crippen molar-refractivity contribution in [2.24, 2.45) is 5.73 Å². The van der Waals surface area contributed by atoms with E-state index < -0.39 is 0 Å². The van der Waals surface area contributed by atoms with Gasteiger partial charge in [-0.05, 0) is 13.0 Å². The third-order valence-corrected chi connectivity index (χ3v) is 2.98. The molecule has 2 heterocycles. The molecule has 1 unspecified atom stereocenters. The summed E-state index contributed by atoms with van der Waals surface area (Å²) in [5.41, 5.74) is 9.82. The number of hydrogen-bond donors (Lipinski definition) is 1. The molecule has 1 atom stereocenters. The summed E-state index contributed by atoms with van der Waals surface area (Å²) in [6.07, 6.45) is 3.30. The van der Waals surface area contributed by atoms with Crippen molar-refractivity contribution in [1.29, 1.82) is 0 Å². The van der Waals surface area contributed by atoms with Crippen LogP contribution in [0.15, 0.2) is 28.5 Å². The Morgan fingerprint density at radius 1 is 1.62 bits per heavy atom. The molecule has 3 nitrogen and oxygen atoms in total. The minimum absolute atomic E-state index is 0.105. The smallest absolute Gasteiger partial charge is 0.0954 e. The average Bonchev–Trinajstić information content (AvgIpc) is 2.72. The van der Waals surface area contributed by atoms with E-state index in [2.05, 4.69) is 4.98 Å². The first kappa shape index (κ1) is 8.47. The van der Waals surface area contributed by atoms with E-state index in [1.807, 2.05) is 18.5 Å². The fourth-order valence-electron chi connectivity index (χ4n) is 1.21. The molecule has 4 heteroatoms. The topological polar surface area (TPSA) is 52.0 Å². The van der Waals surface area contributed by atoms with Crippen LogP contribution in [0.1, 0.15) is 22.2 Å². The number of aromatic nitrogens is 1. The lowest BCUT2D eigenvalue weighted by molar-refractivity contribution is 0.562. The molecule has 0 aliphatic heterocycles.